The highest BCUT2D eigenvalue weighted by Gasteiger charge is 2.35. The smallest absolute Gasteiger partial charge is 0.337 e. The molecule has 0 amide bonds. The Kier molecular flexibility index (Phi) is 2.08. The molecule has 0 aromatic rings. The zero-order chi connectivity index (χ0) is 9.26. The van der Waals surface area contributed by atoms with Crippen molar-refractivity contribution in [3.05, 3.63) is 24.5 Å². The van der Waals surface area contributed by atoms with Gasteiger partial charge in [-0.25, -0.2) is 4.79 Å². The van der Waals surface area contributed by atoms with Crippen LogP contribution >= 0.6 is 0 Å². The maximum absolute atomic E-state index is 11.3. The van der Waals surface area contributed by atoms with Crippen molar-refractivity contribution < 1.29 is 14.3 Å². The molecular formula is C10H12O3. The van der Waals surface area contributed by atoms with Gasteiger partial charge in [0.1, 0.15) is 0 Å². The highest BCUT2D eigenvalue weighted by Crippen LogP contribution is 2.33. The zero-order valence-electron chi connectivity index (χ0n) is 7.36. The van der Waals surface area contributed by atoms with Crippen LogP contribution in [-0.4, -0.2) is 19.2 Å². The summed E-state index contributed by atoms with van der Waals surface area (Å²) in [7, 11) is 0. The van der Waals surface area contributed by atoms with Crippen LogP contribution in [0.15, 0.2) is 24.5 Å². The van der Waals surface area contributed by atoms with Gasteiger partial charge in [-0.2, -0.15) is 0 Å². The molecule has 3 heteroatoms. The van der Waals surface area contributed by atoms with Crippen molar-refractivity contribution in [1.29, 1.82) is 0 Å². The van der Waals surface area contributed by atoms with E-state index in [1.165, 1.54) is 6.26 Å². The first-order valence-electron chi connectivity index (χ1n) is 4.44. The number of rotatable bonds is 1. The van der Waals surface area contributed by atoms with Gasteiger partial charge < -0.3 is 9.47 Å². The zero-order valence-corrected chi connectivity index (χ0v) is 7.36. The summed E-state index contributed by atoms with van der Waals surface area (Å²) in [6.07, 6.45) is 4.28. The average molecular weight is 180 g/mol. The van der Waals surface area contributed by atoms with Crippen molar-refractivity contribution in [2.24, 2.45) is 11.8 Å². The Bertz CT molecular complexity index is 267. The SMILES string of the molecule is C=C[C@H]1COC(=O)C2=COCC[C@H]21. The van der Waals surface area contributed by atoms with Crippen molar-refractivity contribution in [3.63, 3.8) is 0 Å². The predicted molar refractivity (Wildman–Crippen MR) is 46.8 cm³/mol. The van der Waals surface area contributed by atoms with Crippen LogP contribution in [0.4, 0.5) is 0 Å². The number of fused-ring (bicyclic) bond motifs is 1. The summed E-state index contributed by atoms with van der Waals surface area (Å²) in [5.41, 5.74) is 0.669. The first-order chi connectivity index (χ1) is 6.33. The monoisotopic (exact) mass is 180 g/mol. The van der Waals surface area contributed by atoms with Gasteiger partial charge in [0.15, 0.2) is 0 Å². The molecule has 0 aromatic heterocycles. The summed E-state index contributed by atoms with van der Waals surface area (Å²) in [5, 5.41) is 0. The van der Waals surface area contributed by atoms with Crippen LogP contribution in [0.5, 0.6) is 0 Å². The van der Waals surface area contributed by atoms with Gasteiger partial charge in [0.25, 0.3) is 0 Å². The first kappa shape index (κ1) is 8.35. The quantitative estimate of drug-likeness (QED) is 0.450. The summed E-state index contributed by atoms with van der Waals surface area (Å²) in [5.74, 6) is 0.281. The van der Waals surface area contributed by atoms with E-state index in [1.54, 1.807) is 0 Å². The number of ether oxygens (including phenoxy) is 2. The molecule has 0 unspecified atom stereocenters. The number of esters is 1. The lowest BCUT2D eigenvalue weighted by atomic mass is 9.82. The minimum atomic E-state index is -0.234. The third kappa shape index (κ3) is 1.34. The molecule has 1 saturated heterocycles. The number of hydrogen-bond acceptors (Lipinski definition) is 3. The predicted octanol–water partition coefficient (Wildman–Crippen LogP) is 1.27. The van der Waals surface area contributed by atoms with Gasteiger partial charge in [0, 0.05) is 11.8 Å². The van der Waals surface area contributed by atoms with Crippen molar-refractivity contribution in [1.82, 2.24) is 0 Å². The van der Waals surface area contributed by atoms with Gasteiger partial charge >= 0.3 is 5.97 Å². The van der Waals surface area contributed by atoms with E-state index in [-0.39, 0.29) is 17.8 Å². The summed E-state index contributed by atoms with van der Waals surface area (Å²) >= 11 is 0. The minimum Gasteiger partial charge on any atom is -0.501 e. The third-order valence-corrected chi connectivity index (χ3v) is 2.62. The Morgan fingerprint density at radius 2 is 2.46 bits per heavy atom. The number of carbonyl (C=O) groups excluding carboxylic acids is 1. The number of hydrogen-bond donors (Lipinski definition) is 0. The summed E-state index contributed by atoms with van der Waals surface area (Å²) in [6.45, 7) is 4.89. The van der Waals surface area contributed by atoms with E-state index >= 15 is 0 Å². The fourth-order valence-corrected chi connectivity index (χ4v) is 1.83. The van der Waals surface area contributed by atoms with Crippen molar-refractivity contribution in [2.75, 3.05) is 13.2 Å². The Hall–Kier alpha value is -1.25. The molecule has 0 aliphatic carbocycles. The second-order valence-electron chi connectivity index (χ2n) is 3.34. The number of cyclic esters (lactones) is 1. The van der Waals surface area contributed by atoms with E-state index in [1.807, 2.05) is 6.08 Å². The lowest BCUT2D eigenvalue weighted by Gasteiger charge is -2.32. The van der Waals surface area contributed by atoms with Gasteiger partial charge in [-0.1, -0.05) is 6.08 Å². The topological polar surface area (TPSA) is 35.5 Å². The molecular weight excluding hydrogens is 168 g/mol. The molecule has 2 aliphatic rings. The molecule has 70 valence electrons. The molecule has 2 atom stereocenters. The minimum absolute atomic E-state index is 0.234. The summed E-state index contributed by atoms with van der Waals surface area (Å²) < 4.78 is 10.1. The normalized spacial score (nSPS) is 32.3. The van der Waals surface area contributed by atoms with Gasteiger partial charge in [-0.05, 0) is 6.42 Å². The van der Waals surface area contributed by atoms with Crippen molar-refractivity contribution in [3.8, 4) is 0 Å². The van der Waals surface area contributed by atoms with E-state index in [2.05, 4.69) is 6.58 Å². The highest BCUT2D eigenvalue weighted by molar-refractivity contribution is 5.89. The van der Waals surface area contributed by atoms with Crippen LogP contribution in [0.25, 0.3) is 0 Å². The summed E-state index contributed by atoms with van der Waals surface area (Å²) in [6, 6.07) is 0. The molecule has 2 heterocycles. The second kappa shape index (κ2) is 3.24. The van der Waals surface area contributed by atoms with Gasteiger partial charge in [-0.15, -0.1) is 6.58 Å². The molecule has 2 rings (SSSR count). The Balaban J connectivity index is 2.26. The van der Waals surface area contributed by atoms with Crippen LogP contribution in [0.3, 0.4) is 0 Å². The molecule has 3 nitrogen and oxygen atoms in total. The Labute approximate surface area is 77.0 Å². The van der Waals surface area contributed by atoms with E-state index in [4.69, 9.17) is 9.47 Å². The standard InChI is InChI=1S/C10H12O3/c1-2-7-5-13-10(11)9-6-12-4-3-8(7)9/h2,6-8H,1,3-5H2/t7-,8-/m0/s1. The molecule has 0 spiro atoms. The Morgan fingerprint density at radius 3 is 3.23 bits per heavy atom. The summed E-state index contributed by atoms with van der Waals surface area (Å²) in [4.78, 5) is 11.3. The third-order valence-electron chi connectivity index (χ3n) is 2.62. The van der Waals surface area contributed by atoms with Crippen molar-refractivity contribution >= 4 is 5.97 Å². The highest BCUT2D eigenvalue weighted by atomic mass is 16.5. The van der Waals surface area contributed by atoms with Gasteiger partial charge in [-0.3, -0.25) is 0 Å². The van der Waals surface area contributed by atoms with Crippen molar-refractivity contribution in [2.45, 2.75) is 6.42 Å². The molecule has 1 fully saturated rings. The van der Waals surface area contributed by atoms with Crippen LogP contribution in [-0.2, 0) is 14.3 Å². The van der Waals surface area contributed by atoms with E-state index < -0.39 is 0 Å². The molecule has 0 bridgehead atoms. The van der Waals surface area contributed by atoms with Gasteiger partial charge in [0.2, 0.25) is 0 Å². The lowest BCUT2D eigenvalue weighted by molar-refractivity contribution is -0.145. The molecule has 0 radical (unpaired) electrons. The fourth-order valence-electron chi connectivity index (χ4n) is 1.83. The van der Waals surface area contributed by atoms with Crippen LogP contribution < -0.4 is 0 Å². The first-order valence-corrected chi connectivity index (χ1v) is 4.44. The maximum Gasteiger partial charge on any atom is 0.337 e. The maximum atomic E-state index is 11.3. The van der Waals surface area contributed by atoms with Crippen LogP contribution in [0, 0.1) is 11.8 Å². The van der Waals surface area contributed by atoms with E-state index in [0.29, 0.717) is 18.8 Å². The average Bonchev–Trinajstić information content (AvgIpc) is 2.19. The van der Waals surface area contributed by atoms with E-state index in [0.717, 1.165) is 6.42 Å². The lowest BCUT2D eigenvalue weighted by Crippen LogP contribution is -2.34. The second-order valence-corrected chi connectivity index (χ2v) is 3.34. The van der Waals surface area contributed by atoms with Crippen LogP contribution in [0.2, 0.25) is 0 Å². The largest absolute Gasteiger partial charge is 0.501 e. The number of carbonyl (C=O) groups is 1. The molecule has 0 saturated carbocycles. The molecule has 0 N–H and O–H groups in total. The van der Waals surface area contributed by atoms with Crippen LogP contribution in [0.1, 0.15) is 6.42 Å². The molecule has 2 aliphatic heterocycles. The van der Waals surface area contributed by atoms with Gasteiger partial charge in [0.05, 0.1) is 25.0 Å². The molecule has 13 heavy (non-hydrogen) atoms. The van der Waals surface area contributed by atoms with E-state index in [9.17, 15) is 4.79 Å². The molecule has 0 aromatic carbocycles. The fraction of sp³-hybridized carbons (Fsp3) is 0.500. The Morgan fingerprint density at radius 1 is 1.62 bits per heavy atom.